The molecule has 21 heavy (non-hydrogen) atoms. The summed E-state index contributed by atoms with van der Waals surface area (Å²) in [4.78, 5) is 17.0. The summed E-state index contributed by atoms with van der Waals surface area (Å²) < 4.78 is 1.88. The number of carbonyl (C=O) groups is 1. The standard InChI is InChI=1S/C17H16N2OS/c1-12-8-9-19-15(10-12)18-13(2)16(19)17(20)21-11-14-6-4-3-5-7-14/h3-10H,11H2,1-2H3. The Hall–Kier alpha value is -2.07. The summed E-state index contributed by atoms with van der Waals surface area (Å²) in [6.45, 7) is 3.91. The van der Waals surface area contributed by atoms with Crippen LogP contribution in [0.3, 0.4) is 0 Å². The third-order valence-electron chi connectivity index (χ3n) is 3.36. The lowest BCUT2D eigenvalue weighted by molar-refractivity contribution is 0.108. The van der Waals surface area contributed by atoms with E-state index in [1.165, 1.54) is 11.8 Å². The number of aromatic nitrogens is 2. The predicted octanol–water partition coefficient (Wildman–Crippen LogP) is 4.02. The van der Waals surface area contributed by atoms with Gasteiger partial charge in [0.1, 0.15) is 11.3 Å². The van der Waals surface area contributed by atoms with Crippen LogP contribution in [0.5, 0.6) is 0 Å². The van der Waals surface area contributed by atoms with E-state index in [0.29, 0.717) is 11.4 Å². The van der Waals surface area contributed by atoms with Gasteiger partial charge in [-0.05, 0) is 37.1 Å². The molecule has 0 aliphatic heterocycles. The molecule has 0 fully saturated rings. The lowest BCUT2D eigenvalue weighted by Gasteiger charge is -2.03. The lowest BCUT2D eigenvalue weighted by atomic mass is 10.2. The van der Waals surface area contributed by atoms with Gasteiger partial charge < -0.3 is 0 Å². The fourth-order valence-corrected chi connectivity index (χ4v) is 3.17. The van der Waals surface area contributed by atoms with Crippen molar-refractivity contribution < 1.29 is 4.79 Å². The minimum Gasteiger partial charge on any atom is -0.296 e. The van der Waals surface area contributed by atoms with E-state index in [0.717, 1.165) is 22.5 Å². The van der Waals surface area contributed by atoms with Gasteiger partial charge in [0.25, 0.3) is 0 Å². The number of benzene rings is 1. The maximum Gasteiger partial charge on any atom is 0.238 e. The highest BCUT2D eigenvalue weighted by molar-refractivity contribution is 8.13. The smallest absolute Gasteiger partial charge is 0.238 e. The van der Waals surface area contributed by atoms with Crippen LogP contribution in [0.25, 0.3) is 5.65 Å². The Bertz CT molecular complexity index is 793. The topological polar surface area (TPSA) is 34.4 Å². The first kappa shape index (κ1) is 13.9. The summed E-state index contributed by atoms with van der Waals surface area (Å²) in [6.07, 6.45) is 1.92. The van der Waals surface area contributed by atoms with Gasteiger partial charge in [0.15, 0.2) is 0 Å². The Morgan fingerprint density at radius 2 is 1.95 bits per heavy atom. The van der Waals surface area contributed by atoms with Crippen LogP contribution in [0.1, 0.15) is 27.3 Å². The summed E-state index contributed by atoms with van der Waals surface area (Å²) in [5, 5.41) is 0.0627. The Morgan fingerprint density at radius 3 is 2.71 bits per heavy atom. The normalized spacial score (nSPS) is 11.0. The maximum absolute atomic E-state index is 12.5. The van der Waals surface area contributed by atoms with Crippen LogP contribution in [0.4, 0.5) is 0 Å². The van der Waals surface area contributed by atoms with Gasteiger partial charge in [0, 0.05) is 11.9 Å². The van der Waals surface area contributed by atoms with Crippen LogP contribution in [-0.4, -0.2) is 14.5 Å². The molecular weight excluding hydrogens is 280 g/mol. The number of imidazole rings is 1. The molecule has 0 aliphatic rings. The molecule has 0 aliphatic carbocycles. The van der Waals surface area contributed by atoms with E-state index in [9.17, 15) is 4.79 Å². The van der Waals surface area contributed by atoms with Crippen LogP contribution in [-0.2, 0) is 5.75 Å². The molecular formula is C17H16N2OS. The summed E-state index contributed by atoms with van der Waals surface area (Å²) in [5.74, 6) is 0.679. The molecule has 3 rings (SSSR count). The average Bonchev–Trinajstić information content (AvgIpc) is 2.81. The lowest BCUT2D eigenvalue weighted by Crippen LogP contribution is -2.02. The molecule has 0 radical (unpaired) electrons. The van der Waals surface area contributed by atoms with Crippen molar-refractivity contribution in [1.29, 1.82) is 0 Å². The van der Waals surface area contributed by atoms with Gasteiger partial charge in [-0.25, -0.2) is 4.98 Å². The fourth-order valence-electron chi connectivity index (χ4n) is 2.30. The second-order valence-electron chi connectivity index (χ2n) is 5.04. The van der Waals surface area contributed by atoms with E-state index in [2.05, 4.69) is 4.98 Å². The predicted molar refractivity (Wildman–Crippen MR) is 86.7 cm³/mol. The highest BCUT2D eigenvalue weighted by Gasteiger charge is 2.17. The van der Waals surface area contributed by atoms with Gasteiger partial charge in [0.2, 0.25) is 5.12 Å². The molecule has 0 amide bonds. The van der Waals surface area contributed by atoms with E-state index in [1.807, 2.05) is 66.9 Å². The van der Waals surface area contributed by atoms with E-state index < -0.39 is 0 Å². The van der Waals surface area contributed by atoms with Crippen LogP contribution in [0.2, 0.25) is 0 Å². The Balaban J connectivity index is 1.86. The fraction of sp³-hybridized carbons (Fsp3) is 0.176. The van der Waals surface area contributed by atoms with Crippen LogP contribution in [0, 0.1) is 13.8 Å². The van der Waals surface area contributed by atoms with Crippen molar-refractivity contribution in [3.05, 3.63) is 71.2 Å². The number of hydrogen-bond acceptors (Lipinski definition) is 3. The van der Waals surface area contributed by atoms with Gasteiger partial charge >= 0.3 is 0 Å². The molecule has 0 spiro atoms. The molecule has 3 aromatic rings. The zero-order valence-corrected chi connectivity index (χ0v) is 12.9. The largest absolute Gasteiger partial charge is 0.296 e. The summed E-state index contributed by atoms with van der Waals surface area (Å²) in [7, 11) is 0. The summed E-state index contributed by atoms with van der Waals surface area (Å²) in [5.41, 5.74) is 4.58. The molecule has 106 valence electrons. The molecule has 0 saturated heterocycles. The molecule has 3 nitrogen and oxygen atoms in total. The van der Waals surface area contributed by atoms with Crippen LogP contribution in [0.15, 0.2) is 48.7 Å². The monoisotopic (exact) mass is 296 g/mol. The zero-order chi connectivity index (χ0) is 14.8. The van der Waals surface area contributed by atoms with E-state index >= 15 is 0 Å². The SMILES string of the molecule is Cc1ccn2c(C(=O)SCc3ccccc3)c(C)nc2c1. The van der Waals surface area contributed by atoms with Crippen molar-refractivity contribution in [2.24, 2.45) is 0 Å². The number of aryl methyl sites for hydroxylation is 2. The molecule has 0 atom stereocenters. The van der Waals surface area contributed by atoms with E-state index in [1.54, 1.807) is 0 Å². The number of hydrogen-bond donors (Lipinski definition) is 0. The van der Waals surface area contributed by atoms with Crippen LogP contribution < -0.4 is 0 Å². The zero-order valence-electron chi connectivity index (χ0n) is 12.0. The molecule has 1 aromatic carbocycles. The Morgan fingerprint density at radius 1 is 1.19 bits per heavy atom. The highest BCUT2D eigenvalue weighted by atomic mass is 32.2. The van der Waals surface area contributed by atoms with E-state index in [-0.39, 0.29) is 5.12 Å². The summed E-state index contributed by atoms with van der Waals surface area (Å²) >= 11 is 1.32. The molecule has 0 bridgehead atoms. The minimum absolute atomic E-state index is 0.0627. The first-order chi connectivity index (χ1) is 10.1. The number of carbonyl (C=O) groups excluding carboxylic acids is 1. The number of pyridine rings is 1. The molecule has 4 heteroatoms. The second-order valence-corrected chi connectivity index (χ2v) is 5.99. The van der Waals surface area contributed by atoms with Crippen molar-refractivity contribution in [2.45, 2.75) is 19.6 Å². The third kappa shape index (κ3) is 2.85. The van der Waals surface area contributed by atoms with Gasteiger partial charge in [-0.1, -0.05) is 42.1 Å². The molecule has 2 aromatic heterocycles. The highest BCUT2D eigenvalue weighted by Crippen LogP contribution is 2.22. The van der Waals surface area contributed by atoms with Crippen molar-refractivity contribution >= 4 is 22.5 Å². The Labute approximate surface area is 128 Å². The number of rotatable bonds is 3. The Kier molecular flexibility index (Phi) is 3.80. The van der Waals surface area contributed by atoms with Crippen LogP contribution >= 0.6 is 11.8 Å². The second kappa shape index (κ2) is 5.74. The average molecular weight is 296 g/mol. The van der Waals surface area contributed by atoms with Crippen molar-refractivity contribution in [1.82, 2.24) is 9.38 Å². The first-order valence-corrected chi connectivity index (χ1v) is 7.80. The molecule has 0 saturated carbocycles. The summed E-state index contributed by atoms with van der Waals surface area (Å²) in [6, 6.07) is 14.0. The van der Waals surface area contributed by atoms with Gasteiger partial charge in [-0.3, -0.25) is 9.20 Å². The van der Waals surface area contributed by atoms with Gasteiger partial charge in [-0.15, -0.1) is 0 Å². The van der Waals surface area contributed by atoms with E-state index in [4.69, 9.17) is 0 Å². The molecule has 0 unspecified atom stereocenters. The third-order valence-corrected chi connectivity index (χ3v) is 4.30. The maximum atomic E-state index is 12.5. The number of fused-ring (bicyclic) bond motifs is 1. The minimum atomic E-state index is 0.0627. The number of nitrogens with zero attached hydrogens (tertiary/aromatic N) is 2. The number of thioether (sulfide) groups is 1. The quantitative estimate of drug-likeness (QED) is 0.732. The van der Waals surface area contributed by atoms with Gasteiger partial charge in [-0.2, -0.15) is 0 Å². The van der Waals surface area contributed by atoms with Crippen molar-refractivity contribution in [3.8, 4) is 0 Å². The van der Waals surface area contributed by atoms with Crippen molar-refractivity contribution in [2.75, 3.05) is 0 Å². The molecule has 0 N–H and O–H groups in total. The molecule has 2 heterocycles. The van der Waals surface area contributed by atoms with Gasteiger partial charge in [0.05, 0.1) is 5.69 Å². The first-order valence-electron chi connectivity index (χ1n) is 6.81. The van der Waals surface area contributed by atoms with Crippen molar-refractivity contribution in [3.63, 3.8) is 0 Å².